The third-order valence-electron chi connectivity index (χ3n) is 3.73. The van der Waals surface area contributed by atoms with E-state index in [9.17, 15) is 9.59 Å². The van der Waals surface area contributed by atoms with Crippen molar-refractivity contribution in [3.8, 4) is 11.5 Å². The molecule has 2 aliphatic heterocycles. The summed E-state index contributed by atoms with van der Waals surface area (Å²) in [6, 6.07) is 4.98. The zero-order valence-electron chi connectivity index (χ0n) is 12.5. The van der Waals surface area contributed by atoms with E-state index in [-0.39, 0.29) is 19.1 Å². The molecule has 7 nitrogen and oxygen atoms in total. The molecule has 0 spiro atoms. The van der Waals surface area contributed by atoms with Crippen molar-refractivity contribution in [1.29, 1.82) is 0 Å². The molecule has 2 heterocycles. The quantitative estimate of drug-likeness (QED) is 0.837. The van der Waals surface area contributed by atoms with Gasteiger partial charge in [-0.25, -0.2) is 4.79 Å². The second-order valence-electron chi connectivity index (χ2n) is 5.56. The van der Waals surface area contributed by atoms with E-state index in [4.69, 9.17) is 14.2 Å². The van der Waals surface area contributed by atoms with Crippen LogP contribution >= 0.6 is 0 Å². The van der Waals surface area contributed by atoms with Crippen molar-refractivity contribution in [1.82, 2.24) is 10.2 Å². The molecule has 0 aromatic heterocycles. The lowest BCUT2D eigenvalue weighted by Crippen LogP contribution is -2.47. The lowest BCUT2D eigenvalue weighted by molar-refractivity contribution is -0.132. The van der Waals surface area contributed by atoms with Crippen LogP contribution in [0.2, 0.25) is 0 Å². The first-order valence-electron chi connectivity index (χ1n) is 7.05. The maximum atomic E-state index is 12.4. The number of urea groups is 1. The van der Waals surface area contributed by atoms with Crippen LogP contribution in [0, 0.1) is 0 Å². The van der Waals surface area contributed by atoms with Gasteiger partial charge in [-0.1, -0.05) is 6.07 Å². The van der Waals surface area contributed by atoms with Gasteiger partial charge in [-0.05, 0) is 24.6 Å². The van der Waals surface area contributed by atoms with E-state index < -0.39 is 11.6 Å². The fourth-order valence-corrected chi connectivity index (χ4v) is 2.65. The first-order chi connectivity index (χ1) is 10.5. The molecule has 1 atom stereocenters. The summed E-state index contributed by atoms with van der Waals surface area (Å²) in [5.41, 5.74) is -0.214. The van der Waals surface area contributed by atoms with E-state index in [0.29, 0.717) is 24.7 Å². The average molecular weight is 306 g/mol. The van der Waals surface area contributed by atoms with E-state index in [1.165, 1.54) is 12.0 Å². The van der Waals surface area contributed by atoms with Crippen LogP contribution in [0.3, 0.4) is 0 Å². The Balaban J connectivity index is 1.78. The molecule has 1 fully saturated rings. The number of nitrogens with zero attached hydrogens (tertiary/aromatic N) is 1. The maximum Gasteiger partial charge on any atom is 0.325 e. The lowest BCUT2D eigenvalue weighted by Gasteiger charge is -2.21. The Kier molecular flexibility index (Phi) is 3.66. The summed E-state index contributed by atoms with van der Waals surface area (Å²) in [7, 11) is 1.49. The number of methoxy groups -OCH3 is 1. The normalized spacial score (nSPS) is 23.6. The average Bonchev–Trinajstić information content (AvgIpc) is 2.71. The highest BCUT2D eigenvalue weighted by Crippen LogP contribution is 2.31. The standard InChI is InChI=1S/C15H18N2O5/c1-15(9-20-2)13(18)17(14(19)16-15)8-10-3-4-11-12(7-10)22-6-5-21-11/h3-4,7H,5-6,8-9H2,1-2H3,(H,16,19)/t15-/m0/s1. The number of hydrogen-bond acceptors (Lipinski definition) is 5. The Morgan fingerprint density at radius 1 is 1.27 bits per heavy atom. The van der Waals surface area contributed by atoms with Crippen LogP contribution in [0.5, 0.6) is 11.5 Å². The van der Waals surface area contributed by atoms with Crippen LogP contribution in [0.4, 0.5) is 4.79 Å². The maximum absolute atomic E-state index is 12.4. The Morgan fingerprint density at radius 2 is 2.00 bits per heavy atom. The monoisotopic (exact) mass is 306 g/mol. The minimum atomic E-state index is -1.01. The molecule has 0 bridgehead atoms. The summed E-state index contributed by atoms with van der Waals surface area (Å²) in [5, 5.41) is 2.67. The molecule has 0 aliphatic carbocycles. The van der Waals surface area contributed by atoms with Gasteiger partial charge in [0, 0.05) is 7.11 Å². The second-order valence-corrected chi connectivity index (χ2v) is 5.56. The number of rotatable bonds is 4. The van der Waals surface area contributed by atoms with Gasteiger partial charge in [0.25, 0.3) is 5.91 Å². The summed E-state index contributed by atoms with van der Waals surface area (Å²) in [6.07, 6.45) is 0. The molecule has 1 aromatic carbocycles. The van der Waals surface area contributed by atoms with Gasteiger partial charge in [0.2, 0.25) is 0 Å². The number of ether oxygens (including phenoxy) is 3. The number of carbonyl (C=O) groups is 2. The molecule has 1 saturated heterocycles. The van der Waals surface area contributed by atoms with Crippen LogP contribution in [0.15, 0.2) is 18.2 Å². The molecular formula is C15H18N2O5. The molecular weight excluding hydrogens is 288 g/mol. The van der Waals surface area contributed by atoms with Crippen LogP contribution in [-0.2, 0) is 16.1 Å². The predicted octanol–water partition coefficient (Wildman–Crippen LogP) is 0.915. The zero-order valence-corrected chi connectivity index (χ0v) is 12.5. The van der Waals surface area contributed by atoms with E-state index in [2.05, 4.69) is 5.32 Å². The SMILES string of the molecule is COC[C@]1(C)NC(=O)N(Cc2ccc3c(c2)OCCO3)C1=O. The number of amides is 3. The van der Waals surface area contributed by atoms with Gasteiger partial charge in [-0.3, -0.25) is 9.69 Å². The summed E-state index contributed by atoms with van der Waals surface area (Å²) < 4.78 is 16.0. The first-order valence-corrected chi connectivity index (χ1v) is 7.05. The molecule has 0 radical (unpaired) electrons. The summed E-state index contributed by atoms with van der Waals surface area (Å²) >= 11 is 0. The molecule has 0 saturated carbocycles. The highest BCUT2D eigenvalue weighted by Gasteiger charge is 2.47. The summed E-state index contributed by atoms with van der Waals surface area (Å²) in [6.45, 7) is 2.98. The van der Waals surface area contributed by atoms with Crippen LogP contribution < -0.4 is 14.8 Å². The number of benzene rings is 1. The molecule has 0 unspecified atom stereocenters. The first kappa shape index (κ1) is 14.6. The Hall–Kier alpha value is -2.28. The number of hydrogen-bond donors (Lipinski definition) is 1. The van der Waals surface area contributed by atoms with Crippen LogP contribution in [0.1, 0.15) is 12.5 Å². The van der Waals surface area contributed by atoms with E-state index in [0.717, 1.165) is 5.56 Å². The second kappa shape index (κ2) is 5.49. The van der Waals surface area contributed by atoms with Gasteiger partial charge in [-0.2, -0.15) is 0 Å². The molecule has 2 aliphatic rings. The topological polar surface area (TPSA) is 77.1 Å². The highest BCUT2D eigenvalue weighted by molar-refractivity contribution is 6.06. The van der Waals surface area contributed by atoms with Gasteiger partial charge in [0.05, 0.1) is 13.2 Å². The Morgan fingerprint density at radius 3 is 2.73 bits per heavy atom. The molecule has 1 N–H and O–H groups in total. The van der Waals surface area contributed by atoms with E-state index in [1.807, 2.05) is 6.07 Å². The number of nitrogens with one attached hydrogen (secondary N) is 1. The van der Waals surface area contributed by atoms with Gasteiger partial charge in [0.1, 0.15) is 18.8 Å². The van der Waals surface area contributed by atoms with Gasteiger partial charge in [-0.15, -0.1) is 0 Å². The molecule has 118 valence electrons. The Labute approximate surface area is 128 Å². The van der Waals surface area contributed by atoms with Gasteiger partial charge in [0.15, 0.2) is 11.5 Å². The number of fused-ring (bicyclic) bond motifs is 1. The lowest BCUT2D eigenvalue weighted by atomic mass is 10.0. The predicted molar refractivity (Wildman–Crippen MR) is 76.8 cm³/mol. The van der Waals surface area contributed by atoms with Crippen molar-refractivity contribution in [2.24, 2.45) is 0 Å². The van der Waals surface area contributed by atoms with Crippen LogP contribution in [0.25, 0.3) is 0 Å². The molecule has 22 heavy (non-hydrogen) atoms. The van der Waals surface area contributed by atoms with E-state index >= 15 is 0 Å². The largest absolute Gasteiger partial charge is 0.486 e. The zero-order chi connectivity index (χ0) is 15.7. The summed E-state index contributed by atoms with van der Waals surface area (Å²) in [5.74, 6) is 1.01. The number of carbonyl (C=O) groups excluding carboxylic acids is 2. The van der Waals surface area contributed by atoms with Gasteiger partial charge < -0.3 is 19.5 Å². The Bertz CT molecular complexity index is 618. The third-order valence-corrected chi connectivity index (χ3v) is 3.73. The smallest absolute Gasteiger partial charge is 0.325 e. The minimum absolute atomic E-state index is 0.134. The third kappa shape index (κ3) is 2.48. The minimum Gasteiger partial charge on any atom is -0.486 e. The van der Waals surface area contributed by atoms with Crippen LogP contribution in [-0.4, -0.2) is 49.3 Å². The van der Waals surface area contributed by atoms with Crippen molar-refractivity contribution >= 4 is 11.9 Å². The van der Waals surface area contributed by atoms with Crippen molar-refractivity contribution in [3.63, 3.8) is 0 Å². The highest BCUT2D eigenvalue weighted by atomic mass is 16.6. The summed E-state index contributed by atoms with van der Waals surface area (Å²) in [4.78, 5) is 25.7. The van der Waals surface area contributed by atoms with E-state index in [1.54, 1.807) is 19.1 Å². The van der Waals surface area contributed by atoms with Crippen molar-refractivity contribution in [2.75, 3.05) is 26.9 Å². The molecule has 1 aromatic rings. The molecule has 3 rings (SSSR count). The van der Waals surface area contributed by atoms with Gasteiger partial charge >= 0.3 is 6.03 Å². The number of imide groups is 1. The van der Waals surface area contributed by atoms with Crippen molar-refractivity contribution in [2.45, 2.75) is 19.0 Å². The fourth-order valence-electron chi connectivity index (χ4n) is 2.65. The molecule has 7 heteroatoms. The van der Waals surface area contributed by atoms with Crippen molar-refractivity contribution in [3.05, 3.63) is 23.8 Å². The van der Waals surface area contributed by atoms with Crippen molar-refractivity contribution < 1.29 is 23.8 Å². The fraction of sp³-hybridized carbons (Fsp3) is 0.467. The molecule has 3 amide bonds.